The van der Waals surface area contributed by atoms with Gasteiger partial charge in [-0.05, 0) is 62.9 Å². The van der Waals surface area contributed by atoms with Crippen molar-refractivity contribution in [2.45, 2.75) is 44.8 Å². The van der Waals surface area contributed by atoms with Gasteiger partial charge in [-0.1, -0.05) is 12.1 Å². The summed E-state index contributed by atoms with van der Waals surface area (Å²) in [5, 5.41) is 6.19. The van der Waals surface area contributed by atoms with Gasteiger partial charge < -0.3 is 10.6 Å². The Bertz CT molecular complexity index is 514. The van der Waals surface area contributed by atoms with Crippen molar-refractivity contribution in [3.05, 3.63) is 35.4 Å². The highest BCUT2D eigenvalue weighted by Gasteiger charge is 2.29. The largest absolute Gasteiger partial charge is 0.416 e. The van der Waals surface area contributed by atoms with E-state index in [4.69, 9.17) is 0 Å². The fraction of sp³-hybridized carbons (Fsp3) is 0.588. The fourth-order valence-electron chi connectivity index (χ4n) is 2.88. The van der Waals surface area contributed by atoms with Crippen LogP contribution in [0, 0.1) is 5.92 Å². The lowest BCUT2D eigenvalue weighted by molar-refractivity contribution is -0.137. The summed E-state index contributed by atoms with van der Waals surface area (Å²) >= 11 is 0. The third kappa shape index (κ3) is 6.69. The number of hydrogen-bond acceptors (Lipinski definition) is 2. The predicted molar refractivity (Wildman–Crippen MR) is 90.2 cm³/mol. The summed E-state index contributed by atoms with van der Waals surface area (Å²) < 4.78 is 37.5. The molecule has 1 aromatic carbocycles. The van der Waals surface area contributed by atoms with Gasteiger partial charge in [-0.2, -0.15) is 13.2 Å². The van der Waals surface area contributed by atoms with Crippen LogP contribution in [0.1, 0.15) is 37.3 Å². The van der Waals surface area contributed by atoms with Crippen LogP contribution in [0.3, 0.4) is 0 Å². The Morgan fingerprint density at radius 3 is 2.54 bits per heavy atom. The quantitative estimate of drug-likeness (QED) is 0.810. The van der Waals surface area contributed by atoms with Crippen LogP contribution in [-0.4, -0.2) is 25.0 Å². The molecule has 1 aliphatic heterocycles. The maximum atomic E-state index is 12.5. The van der Waals surface area contributed by atoms with Crippen LogP contribution >= 0.6 is 12.4 Å². The molecule has 7 heteroatoms. The second-order valence-corrected chi connectivity index (χ2v) is 6.26. The van der Waals surface area contributed by atoms with Crippen molar-refractivity contribution >= 4 is 18.3 Å². The first kappa shape index (κ1) is 20.8. The van der Waals surface area contributed by atoms with Crippen molar-refractivity contribution in [3.63, 3.8) is 0 Å². The number of benzene rings is 1. The molecule has 2 rings (SSSR count). The second kappa shape index (κ2) is 9.28. The fourth-order valence-corrected chi connectivity index (χ4v) is 2.88. The third-order valence-electron chi connectivity index (χ3n) is 4.17. The molecule has 0 saturated carbocycles. The van der Waals surface area contributed by atoms with E-state index in [1.54, 1.807) is 0 Å². The zero-order valence-corrected chi connectivity index (χ0v) is 14.5. The molecule has 1 aliphatic rings. The van der Waals surface area contributed by atoms with E-state index in [-0.39, 0.29) is 24.4 Å². The maximum absolute atomic E-state index is 12.5. The Kier molecular flexibility index (Phi) is 8.03. The van der Waals surface area contributed by atoms with E-state index in [0.717, 1.165) is 43.6 Å². The summed E-state index contributed by atoms with van der Waals surface area (Å²) in [6, 6.07) is 5.00. The van der Waals surface area contributed by atoms with Crippen LogP contribution in [0.2, 0.25) is 0 Å². The molecule has 24 heavy (non-hydrogen) atoms. The molecule has 0 aliphatic carbocycles. The average Bonchev–Trinajstić information content (AvgIpc) is 2.98. The van der Waals surface area contributed by atoms with Crippen LogP contribution in [0.15, 0.2) is 24.3 Å². The molecule has 0 radical (unpaired) electrons. The number of carbonyl (C=O) groups is 1. The van der Waals surface area contributed by atoms with Crippen molar-refractivity contribution in [2.24, 2.45) is 5.92 Å². The van der Waals surface area contributed by atoms with Gasteiger partial charge in [0.25, 0.3) is 0 Å². The number of amides is 1. The minimum Gasteiger partial charge on any atom is -0.353 e. The smallest absolute Gasteiger partial charge is 0.353 e. The molecule has 1 saturated heterocycles. The summed E-state index contributed by atoms with van der Waals surface area (Å²) in [6.45, 7) is 3.87. The number of nitrogens with one attached hydrogen (secondary N) is 2. The lowest BCUT2D eigenvalue weighted by Crippen LogP contribution is -2.34. The third-order valence-corrected chi connectivity index (χ3v) is 4.17. The lowest BCUT2D eigenvalue weighted by Gasteiger charge is -2.15. The molecular formula is C17H24ClF3N2O. The molecule has 2 N–H and O–H groups in total. The Balaban J connectivity index is 0.00000288. The molecule has 2 atom stereocenters. The Morgan fingerprint density at radius 1 is 1.33 bits per heavy atom. The Hall–Kier alpha value is -1.27. The number of hydrogen-bond donors (Lipinski definition) is 2. The summed E-state index contributed by atoms with van der Waals surface area (Å²) in [5.41, 5.74) is 0.133. The van der Waals surface area contributed by atoms with Gasteiger partial charge in [0.05, 0.1) is 5.56 Å². The SMILES string of the molecule is CC(Cc1ccc(C(F)(F)F)cc1)NC(=O)CCC1CCNC1.Cl. The van der Waals surface area contributed by atoms with Gasteiger partial charge in [-0.3, -0.25) is 4.79 Å². The number of alkyl halides is 3. The van der Waals surface area contributed by atoms with Gasteiger partial charge in [0.15, 0.2) is 0 Å². The van der Waals surface area contributed by atoms with Crippen LogP contribution in [0.5, 0.6) is 0 Å². The van der Waals surface area contributed by atoms with Gasteiger partial charge in [-0.15, -0.1) is 12.4 Å². The molecule has 3 nitrogen and oxygen atoms in total. The molecule has 0 aromatic heterocycles. The molecule has 0 spiro atoms. The molecule has 136 valence electrons. The van der Waals surface area contributed by atoms with Crippen LogP contribution in [-0.2, 0) is 17.4 Å². The minimum absolute atomic E-state index is 0. The highest BCUT2D eigenvalue weighted by molar-refractivity contribution is 5.85. The Morgan fingerprint density at radius 2 is 2.00 bits per heavy atom. The number of rotatable bonds is 6. The maximum Gasteiger partial charge on any atom is 0.416 e. The highest BCUT2D eigenvalue weighted by Crippen LogP contribution is 2.29. The zero-order valence-electron chi connectivity index (χ0n) is 13.7. The molecule has 1 amide bonds. The zero-order chi connectivity index (χ0) is 16.9. The minimum atomic E-state index is -4.31. The van der Waals surface area contributed by atoms with E-state index in [1.165, 1.54) is 12.1 Å². The van der Waals surface area contributed by atoms with Gasteiger partial charge >= 0.3 is 6.18 Å². The van der Waals surface area contributed by atoms with E-state index in [0.29, 0.717) is 18.8 Å². The van der Waals surface area contributed by atoms with Crippen molar-refractivity contribution in [2.75, 3.05) is 13.1 Å². The van der Waals surface area contributed by atoms with E-state index in [1.807, 2.05) is 6.92 Å². The van der Waals surface area contributed by atoms with E-state index in [2.05, 4.69) is 10.6 Å². The van der Waals surface area contributed by atoms with Crippen molar-refractivity contribution < 1.29 is 18.0 Å². The standard InChI is InChI=1S/C17H23F3N2O.ClH/c1-12(22-16(23)7-4-14-8-9-21-11-14)10-13-2-5-15(6-3-13)17(18,19)20;/h2-3,5-6,12,14,21H,4,7-11H2,1H3,(H,22,23);1H. The lowest BCUT2D eigenvalue weighted by atomic mass is 10.0. The number of carbonyl (C=O) groups excluding carboxylic acids is 1. The monoisotopic (exact) mass is 364 g/mol. The molecule has 2 unspecified atom stereocenters. The molecule has 1 heterocycles. The summed E-state index contributed by atoms with van der Waals surface area (Å²) in [7, 11) is 0. The number of halogens is 4. The normalized spacial score (nSPS) is 18.8. The van der Waals surface area contributed by atoms with Crippen LogP contribution in [0.25, 0.3) is 0 Å². The molecule has 1 fully saturated rings. The summed E-state index contributed by atoms with van der Waals surface area (Å²) in [6.07, 6.45) is -1.29. The van der Waals surface area contributed by atoms with Gasteiger partial charge in [0.1, 0.15) is 0 Å². The van der Waals surface area contributed by atoms with Crippen LogP contribution < -0.4 is 10.6 Å². The van der Waals surface area contributed by atoms with Gasteiger partial charge in [0, 0.05) is 12.5 Å². The Labute approximate surface area is 146 Å². The highest BCUT2D eigenvalue weighted by atomic mass is 35.5. The molecule has 0 bridgehead atoms. The first-order valence-corrected chi connectivity index (χ1v) is 8.01. The van der Waals surface area contributed by atoms with E-state index < -0.39 is 11.7 Å². The molecule has 1 aromatic rings. The summed E-state index contributed by atoms with van der Waals surface area (Å²) in [5.74, 6) is 0.585. The summed E-state index contributed by atoms with van der Waals surface area (Å²) in [4.78, 5) is 11.9. The molecular weight excluding hydrogens is 341 g/mol. The van der Waals surface area contributed by atoms with Gasteiger partial charge in [0.2, 0.25) is 5.91 Å². The van der Waals surface area contributed by atoms with Crippen molar-refractivity contribution in [1.82, 2.24) is 10.6 Å². The van der Waals surface area contributed by atoms with Crippen LogP contribution in [0.4, 0.5) is 13.2 Å². The van der Waals surface area contributed by atoms with Crippen molar-refractivity contribution in [3.8, 4) is 0 Å². The van der Waals surface area contributed by atoms with E-state index >= 15 is 0 Å². The average molecular weight is 365 g/mol. The van der Waals surface area contributed by atoms with Gasteiger partial charge in [-0.25, -0.2) is 0 Å². The first-order chi connectivity index (χ1) is 10.8. The second-order valence-electron chi connectivity index (χ2n) is 6.26. The topological polar surface area (TPSA) is 41.1 Å². The van der Waals surface area contributed by atoms with E-state index in [9.17, 15) is 18.0 Å². The van der Waals surface area contributed by atoms with Crippen molar-refractivity contribution in [1.29, 1.82) is 0 Å². The predicted octanol–water partition coefficient (Wildman–Crippen LogP) is 3.56. The first-order valence-electron chi connectivity index (χ1n) is 8.01.